The molecule has 0 saturated heterocycles. The maximum Gasteiger partial charge on any atom is 0.416 e. The van der Waals surface area contributed by atoms with E-state index in [-0.39, 0.29) is 5.75 Å². The van der Waals surface area contributed by atoms with E-state index in [0.717, 1.165) is 22.9 Å². The quantitative estimate of drug-likeness (QED) is 0.581. The summed E-state index contributed by atoms with van der Waals surface area (Å²) in [5.74, 6) is -0.346. The van der Waals surface area contributed by atoms with Gasteiger partial charge in [0.1, 0.15) is 5.75 Å². The zero-order valence-electron chi connectivity index (χ0n) is 9.70. The Morgan fingerprint density at radius 3 is 2.26 bits per heavy atom. The standard InChI is InChI=1S/C15H9F3O/c16-15(17,18)11-7-10-6-5-9-3-1-2-4-12(9)14(10)13(19)8-11/h1-8,19H. The molecule has 0 spiro atoms. The van der Waals surface area contributed by atoms with E-state index in [1.165, 1.54) is 0 Å². The van der Waals surface area contributed by atoms with Crippen molar-refractivity contribution in [3.05, 3.63) is 54.1 Å². The molecule has 0 unspecified atom stereocenters. The van der Waals surface area contributed by atoms with Crippen molar-refractivity contribution in [2.75, 3.05) is 0 Å². The van der Waals surface area contributed by atoms with Gasteiger partial charge in [-0.05, 0) is 28.3 Å². The molecule has 0 fully saturated rings. The number of alkyl halides is 3. The average molecular weight is 262 g/mol. The highest BCUT2D eigenvalue weighted by atomic mass is 19.4. The number of hydrogen-bond donors (Lipinski definition) is 1. The summed E-state index contributed by atoms with van der Waals surface area (Å²) < 4.78 is 38.1. The van der Waals surface area contributed by atoms with Gasteiger partial charge in [-0.1, -0.05) is 36.4 Å². The second kappa shape index (κ2) is 3.88. The van der Waals surface area contributed by atoms with Gasteiger partial charge in [-0.2, -0.15) is 13.2 Å². The van der Waals surface area contributed by atoms with Crippen LogP contribution in [0, 0.1) is 0 Å². The van der Waals surface area contributed by atoms with Crippen LogP contribution in [-0.4, -0.2) is 5.11 Å². The molecule has 0 atom stereocenters. The van der Waals surface area contributed by atoms with Gasteiger partial charge in [0.15, 0.2) is 0 Å². The molecule has 1 nitrogen and oxygen atoms in total. The summed E-state index contributed by atoms with van der Waals surface area (Å²) in [7, 11) is 0. The van der Waals surface area contributed by atoms with Crippen LogP contribution in [0.2, 0.25) is 0 Å². The maximum atomic E-state index is 12.7. The summed E-state index contributed by atoms with van der Waals surface area (Å²) >= 11 is 0. The third kappa shape index (κ3) is 1.89. The number of phenols is 1. The summed E-state index contributed by atoms with van der Waals surface area (Å²) in [6.07, 6.45) is -4.46. The molecule has 0 amide bonds. The fraction of sp³-hybridized carbons (Fsp3) is 0.0667. The van der Waals surface area contributed by atoms with Gasteiger partial charge in [0, 0.05) is 5.39 Å². The molecule has 19 heavy (non-hydrogen) atoms. The highest BCUT2D eigenvalue weighted by Gasteiger charge is 2.31. The van der Waals surface area contributed by atoms with E-state index in [1.807, 2.05) is 12.1 Å². The molecule has 0 aliphatic heterocycles. The second-order valence-electron chi connectivity index (χ2n) is 4.38. The van der Waals surface area contributed by atoms with Gasteiger partial charge < -0.3 is 5.11 Å². The van der Waals surface area contributed by atoms with Crippen LogP contribution in [0.25, 0.3) is 21.5 Å². The van der Waals surface area contributed by atoms with Crippen LogP contribution in [0.1, 0.15) is 5.56 Å². The Hall–Kier alpha value is -2.23. The number of rotatable bonds is 0. The molecule has 0 aliphatic carbocycles. The van der Waals surface area contributed by atoms with Crippen LogP contribution in [0.4, 0.5) is 13.2 Å². The predicted molar refractivity (Wildman–Crippen MR) is 68.1 cm³/mol. The van der Waals surface area contributed by atoms with Crippen molar-refractivity contribution < 1.29 is 18.3 Å². The summed E-state index contributed by atoms with van der Waals surface area (Å²) in [6.45, 7) is 0. The van der Waals surface area contributed by atoms with Gasteiger partial charge in [-0.15, -0.1) is 0 Å². The van der Waals surface area contributed by atoms with Gasteiger partial charge in [0.05, 0.1) is 5.56 Å². The van der Waals surface area contributed by atoms with Crippen LogP contribution in [0.15, 0.2) is 48.5 Å². The summed E-state index contributed by atoms with van der Waals surface area (Å²) in [5.41, 5.74) is -0.840. The molecule has 0 bridgehead atoms. The zero-order valence-corrected chi connectivity index (χ0v) is 9.70. The van der Waals surface area contributed by atoms with Gasteiger partial charge in [0.25, 0.3) is 0 Å². The number of benzene rings is 3. The van der Waals surface area contributed by atoms with Gasteiger partial charge in [-0.25, -0.2) is 0 Å². The van der Waals surface area contributed by atoms with Crippen LogP contribution < -0.4 is 0 Å². The highest BCUT2D eigenvalue weighted by molar-refractivity contribution is 6.10. The summed E-state index contributed by atoms with van der Waals surface area (Å²) in [6, 6.07) is 12.4. The Kier molecular flexibility index (Phi) is 2.42. The van der Waals surface area contributed by atoms with Crippen molar-refractivity contribution in [3.8, 4) is 5.75 Å². The summed E-state index contributed by atoms with van der Waals surface area (Å²) in [5, 5.41) is 12.4. The van der Waals surface area contributed by atoms with E-state index in [2.05, 4.69) is 0 Å². The number of halogens is 3. The third-order valence-corrected chi connectivity index (χ3v) is 3.15. The lowest BCUT2D eigenvalue weighted by molar-refractivity contribution is -0.137. The van der Waals surface area contributed by atoms with Crippen LogP contribution in [0.3, 0.4) is 0 Å². The van der Waals surface area contributed by atoms with Crippen molar-refractivity contribution in [2.24, 2.45) is 0 Å². The molecular formula is C15H9F3O. The van der Waals surface area contributed by atoms with E-state index >= 15 is 0 Å². The molecule has 0 aliphatic rings. The first-order chi connectivity index (χ1) is 8.97. The largest absolute Gasteiger partial charge is 0.507 e. The average Bonchev–Trinajstić information content (AvgIpc) is 2.37. The molecule has 96 valence electrons. The first kappa shape index (κ1) is 11.8. The SMILES string of the molecule is Oc1cc(C(F)(F)F)cc2ccc3ccccc3c12. The van der Waals surface area contributed by atoms with Crippen LogP contribution in [0.5, 0.6) is 5.75 Å². The zero-order chi connectivity index (χ0) is 13.6. The van der Waals surface area contributed by atoms with Gasteiger partial charge in [-0.3, -0.25) is 0 Å². The van der Waals surface area contributed by atoms with Crippen molar-refractivity contribution in [2.45, 2.75) is 6.18 Å². The molecule has 1 N–H and O–H groups in total. The molecule has 0 saturated carbocycles. The minimum absolute atomic E-state index is 0.346. The van der Waals surface area contributed by atoms with Crippen molar-refractivity contribution in [1.82, 2.24) is 0 Å². The molecule has 3 rings (SSSR count). The van der Waals surface area contributed by atoms with E-state index in [9.17, 15) is 18.3 Å². The van der Waals surface area contributed by atoms with E-state index in [4.69, 9.17) is 0 Å². The number of aromatic hydroxyl groups is 1. The van der Waals surface area contributed by atoms with Crippen LogP contribution in [-0.2, 0) is 6.18 Å². The second-order valence-corrected chi connectivity index (χ2v) is 4.38. The predicted octanol–water partition coefficient (Wildman–Crippen LogP) is 4.72. The number of hydrogen-bond acceptors (Lipinski definition) is 1. The maximum absolute atomic E-state index is 12.7. The molecule has 3 aromatic carbocycles. The monoisotopic (exact) mass is 262 g/mol. The molecule has 0 aromatic heterocycles. The minimum atomic E-state index is -4.46. The minimum Gasteiger partial charge on any atom is -0.507 e. The van der Waals surface area contributed by atoms with E-state index < -0.39 is 11.7 Å². The summed E-state index contributed by atoms with van der Waals surface area (Å²) in [4.78, 5) is 0. The van der Waals surface area contributed by atoms with E-state index in [0.29, 0.717) is 10.8 Å². The Balaban J connectivity index is 2.43. The van der Waals surface area contributed by atoms with Crippen molar-refractivity contribution in [1.29, 1.82) is 0 Å². The fourth-order valence-corrected chi connectivity index (χ4v) is 2.29. The lowest BCUT2D eigenvalue weighted by Crippen LogP contribution is -2.04. The normalized spacial score (nSPS) is 12.2. The Morgan fingerprint density at radius 1 is 0.842 bits per heavy atom. The smallest absolute Gasteiger partial charge is 0.416 e. The van der Waals surface area contributed by atoms with E-state index in [1.54, 1.807) is 24.3 Å². The van der Waals surface area contributed by atoms with Gasteiger partial charge in [0.2, 0.25) is 0 Å². The highest BCUT2D eigenvalue weighted by Crippen LogP contribution is 2.38. The fourth-order valence-electron chi connectivity index (χ4n) is 2.29. The first-order valence-electron chi connectivity index (χ1n) is 5.68. The van der Waals surface area contributed by atoms with Crippen molar-refractivity contribution >= 4 is 21.5 Å². The lowest BCUT2D eigenvalue weighted by atomic mass is 9.99. The van der Waals surface area contributed by atoms with Crippen molar-refractivity contribution in [3.63, 3.8) is 0 Å². The third-order valence-electron chi connectivity index (χ3n) is 3.15. The van der Waals surface area contributed by atoms with Crippen LogP contribution >= 0.6 is 0 Å². The Morgan fingerprint density at radius 2 is 1.53 bits per heavy atom. The molecular weight excluding hydrogens is 253 g/mol. The first-order valence-corrected chi connectivity index (χ1v) is 5.68. The molecule has 0 radical (unpaired) electrons. The lowest BCUT2D eigenvalue weighted by Gasteiger charge is -2.11. The number of fused-ring (bicyclic) bond motifs is 3. The Bertz CT molecular complexity index is 775. The number of phenolic OH excluding ortho intramolecular Hbond substituents is 1. The van der Waals surface area contributed by atoms with Gasteiger partial charge >= 0.3 is 6.18 Å². The molecule has 0 heterocycles. The topological polar surface area (TPSA) is 20.2 Å². The Labute approximate surface area is 106 Å². The molecule has 3 aromatic rings. The molecule has 4 heteroatoms.